The number of nitro groups is 1. The minimum Gasteiger partial charge on any atom is -0.466 e. The second kappa shape index (κ2) is 8.29. The molecule has 132 valence electrons. The highest BCUT2D eigenvalue weighted by molar-refractivity contribution is 7.13. The predicted octanol–water partition coefficient (Wildman–Crippen LogP) is 3.05. The van der Waals surface area contributed by atoms with Crippen molar-refractivity contribution < 1.29 is 18.8 Å². The van der Waals surface area contributed by atoms with E-state index in [1.807, 2.05) is 0 Å². The van der Waals surface area contributed by atoms with Crippen LogP contribution in [0.4, 0.5) is 15.2 Å². The summed E-state index contributed by atoms with van der Waals surface area (Å²) in [5.74, 6) is -1.13. The molecular weight excluding hydrogens is 351 g/mol. The molecule has 0 aliphatic rings. The molecule has 10 heteroatoms. The first-order valence-electron chi connectivity index (χ1n) is 7.24. The van der Waals surface area contributed by atoms with Gasteiger partial charge >= 0.3 is 5.97 Å². The van der Waals surface area contributed by atoms with Crippen molar-refractivity contribution in [2.24, 2.45) is 5.10 Å². The standard InChI is InChI=1S/C15H15FN4O4S/c1-3-24-14(21)6-10-8-25-15(18-10)19-17-7-11-12(16)4-9(2)5-13(11)20(22)23/h4-5,7-8H,3,6H2,1-2H3,(H,18,19). The number of esters is 1. The van der Waals surface area contributed by atoms with Crippen LogP contribution in [0.5, 0.6) is 0 Å². The first-order valence-corrected chi connectivity index (χ1v) is 8.12. The Bertz CT molecular complexity index is 822. The molecule has 0 unspecified atom stereocenters. The highest BCUT2D eigenvalue weighted by atomic mass is 32.1. The van der Waals surface area contributed by atoms with E-state index in [4.69, 9.17) is 4.74 Å². The molecule has 0 saturated heterocycles. The molecule has 8 nitrogen and oxygen atoms in total. The third-order valence-corrected chi connectivity index (χ3v) is 3.78. The Morgan fingerprint density at radius 1 is 1.56 bits per heavy atom. The minimum absolute atomic E-state index is 0.0355. The number of aryl methyl sites for hydroxylation is 1. The zero-order valence-electron chi connectivity index (χ0n) is 13.5. The average molecular weight is 366 g/mol. The van der Waals surface area contributed by atoms with Crippen LogP contribution in [0.25, 0.3) is 0 Å². The van der Waals surface area contributed by atoms with E-state index in [1.54, 1.807) is 19.2 Å². The van der Waals surface area contributed by atoms with E-state index >= 15 is 0 Å². The van der Waals surface area contributed by atoms with Gasteiger partial charge in [0.1, 0.15) is 11.4 Å². The second-order valence-corrected chi connectivity index (χ2v) is 5.79. The van der Waals surface area contributed by atoms with E-state index in [2.05, 4.69) is 15.5 Å². The Labute approximate surface area is 146 Å². The van der Waals surface area contributed by atoms with Gasteiger partial charge in [0.25, 0.3) is 5.69 Å². The van der Waals surface area contributed by atoms with Gasteiger partial charge in [0.2, 0.25) is 5.13 Å². The van der Waals surface area contributed by atoms with Gasteiger partial charge in [-0.25, -0.2) is 9.37 Å². The van der Waals surface area contributed by atoms with E-state index < -0.39 is 10.7 Å². The quantitative estimate of drug-likeness (QED) is 0.349. The van der Waals surface area contributed by atoms with Gasteiger partial charge in [-0.15, -0.1) is 11.3 Å². The maximum Gasteiger partial charge on any atom is 0.311 e. The number of hydrogen-bond acceptors (Lipinski definition) is 8. The van der Waals surface area contributed by atoms with Crippen LogP contribution < -0.4 is 5.43 Å². The molecule has 0 aliphatic heterocycles. The normalized spacial score (nSPS) is 10.8. The Morgan fingerprint density at radius 2 is 2.32 bits per heavy atom. The van der Waals surface area contributed by atoms with Gasteiger partial charge in [-0.05, 0) is 25.5 Å². The summed E-state index contributed by atoms with van der Waals surface area (Å²) in [7, 11) is 0. The number of rotatable bonds is 7. The Hall–Kier alpha value is -2.88. The summed E-state index contributed by atoms with van der Waals surface area (Å²) in [6.07, 6.45) is 1.06. The smallest absolute Gasteiger partial charge is 0.311 e. The summed E-state index contributed by atoms with van der Waals surface area (Å²) >= 11 is 1.19. The van der Waals surface area contributed by atoms with Crippen molar-refractivity contribution >= 4 is 34.3 Å². The van der Waals surface area contributed by atoms with Gasteiger partial charge in [0.05, 0.1) is 29.9 Å². The van der Waals surface area contributed by atoms with Gasteiger partial charge in [0, 0.05) is 11.4 Å². The molecule has 1 N–H and O–H groups in total. The molecule has 0 spiro atoms. The molecule has 25 heavy (non-hydrogen) atoms. The number of hydrazone groups is 1. The van der Waals surface area contributed by atoms with E-state index in [-0.39, 0.29) is 23.6 Å². The average Bonchev–Trinajstić information content (AvgIpc) is 2.96. The summed E-state index contributed by atoms with van der Waals surface area (Å²) in [5.41, 5.74) is 2.91. The number of aromatic nitrogens is 1. The lowest BCUT2D eigenvalue weighted by molar-refractivity contribution is -0.385. The van der Waals surface area contributed by atoms with Crippen molar-refractivity contribution in [1.82, 2.24) is 4.98 Å². The summed E-state index contributed by atoms with van der Waals surface area (Å²) < 4.78 is 18.8. The summed E-state index contributed by atoms with van der Waals surface area (Å²) in [6, 6.07) is 2.46. The highest BCUT2D eigenvalue weighted by Crippen LogP contribution is 2.22. The van der Waals surface area contributed by atoms with Gasteiger partial charge in [-0.1, -0.05) is 0 Å². The second-order valence-electron chi connectivity index (χ2n) is 4.93. The van der Waals surface area contributed by atoms with Gasteiger partial charge in [0.15, 0.2) is 0 Å². The number of nitrogens with one attached hydrogen (secondary N) is 1. The van der Waals surface area contributed by atoms with Gasteiger partial charge in [-0.2, -0.15) is 5.10 Å². The molecular formula is C15H15FN4O4S. The van der Waals surface area contributed by atoms with E-state index in [0.29, 0.717) is 23.0 Å². The topological polar surface area (TPSA) is 107 Å². The van der Waals surface area contributed by atoms with Crippen molar-refractivity contribution in [3.63, 3.8) is 0 Å². The summed E-state index contributed by atoms with van der Waals surface area (Å²) in [4.78, 5) is 25.8. The van der Waals surface area contributed by atoms with Crippen molar-refractivity contribution in [2.45, 2.75) is 20.3 Å². The molecule has 0 atom stereocenters. The van der Waals surface area contributed by atoms with Crippen molar-refractivity contribution in [3.05, 3.63) is 50.3 Å². The van der Waals surface area contributed by atoms with Crippen LogP contribution in [0, 0.1) is 22.9 Å². The molecule has 2 rings (SSSR count). The van der Waals surface area contributed by atoms with Crippen LogP contribution in [0.2, 0.25) is 0 Å². The molecule has 1 aromatic carbocycles. The third kappa shape index (κ3) is 5.05. The monoisotopic (exact) mass is 366 g/mol. The molecule has 0 radical (unpaired) electrons. The van der Waals surface area contributed by atoms with Crippen molar-refractivity contribution in [2.75, 3.05) is 12.0 Å². The molecule has 1 aromatic heterocycles. The fraction of sp³-hybridized carbons (Fsp3) is 0.267. The molecule has 0 fully saturated rings. The molecule has 0 saturated carbocycles. The number of thiazole rings is 1. The van der Waals surface area contributed by atoms with Crippen molar-refractivity contribution in [3.8, 4) is 0 Å². The summed E-state index contributed by atoms with van der Waals surface area (Å²) in [6.45, 7) is 3.57. The Balaban J connectivity index is 2.08. The SMILES string of the molecule is CCOC(=O)Cc1csc(NN=Cc2c(F)cc(C)cc2[N+](=O)[O-])n1. The molecule has 1 heterocycles. The number of ether oxygens (including phenoxy) is 1. The highest BCUT2D eigenvalue weighted by Gasteiger charge is 2.17. The predicted molar refractivity (Wildman–Crippen MR) is 91.5 cm³/mol. The first kappa shape index (κ1) is 18.5. The molecule has 0 aliphatic carbocycles. The number of nitro benzene ring substituents is 1. The van der Waals surface area contributed by atoms with Crippen LogP contribution in [0.15, 0.2) is 22.6 Å². The number of carbonyl (C=O) groups is 1. The van der Waals surface area contributed by atoms with E-state index in [9.17, 15) is 19.3 Å². The number of carbonyl (C=O) groups excluding carboxylic acids is 1. The third-order valence-electron chi connectivity index (χ3n) is 2.99. The lowest BCUT2D eigenvalue weighted by Gasteiger charge is -2.01. The zero-order valence-corrected chi connectivity index (χ0v) is 14.3. The number of benzene rings is 1. The summed E-state index contributed by atoms with van der Waals surface area (Å²) in [5, 5.41) is 16.8. The Morgan fingerprint density at radius 3 is 3.00 bits per heavy atom. The van der Waals surface area contributed by atoms with Gasteiger partial charge in [-0.3, -0.25) is 20.3 Å². The number of nitrogens with zero attached hydrogens (tertiary/aromatic N) is 3. The van der Waals surface area contributed by atoms with Crippen LogP contribution in [0.1, 0.15) is 23.7 Å². The van der Waals surface area contributed by atoms with E-state index in [1.165, 1.54) is 23.5 Å². The molecule has 0 amide bonds. The van der Waals surface area contributed by atoms with Crippen molar-refractivity contribution in [1.29, 1.82) is 0 Å². The fourth-order valence-corrected chi connectivity index (χ4v) is 2.62. The first-order chi connectivity index (χ1) is 11.9. The lowest BCUT2D eigenvalue weighted by atomic mass is 10.1. The van der Waals surface area contributed by atoms with Crippen LogP contribution >= 0.6 is 11.3 Å². The fourth-order valence-electron chi connectivity index (χ4n) is 1.97. The number of anilines is 1. The maximum absolute atomic E-state index is 13.9. The Kier molecular flexibility index (Phi) is 6.12. The lowest BCUT2D eigenvalue weighted by Crippen LogP contribution is -2.07. The molecule has 0 bridgehead atoms. The van der Waals surface area contributed by atoms with Crippen LogP contribution in [0.3, 0.4) is 0 Å². The maximum atomic E-state index is 13.9. The van der Waals surface area contributed by atoms with Gasteiger partial charge < -0.3 is 4.74 Å². The zero-order chi connectivity index (χ0) is 18.4. The van der Waals surface area contributed by atoms with Crippen LogP contribution in [-0.2, 0) is 16.0 Å². The minimum atomic E-state index is -0.737. The van der Waals surface area contributed by atoms with Crippen LogP contribution in [-0.4, -0.2) is 28.7 Å². The number of halogens is 1. The largest absolute Gasteiger partial charge is 0.466 e. The number of hydrogen-bond donors (Lipinski definition) is 1. The molecule has 2 aromatic rings. The van der Waals surface area contributed by atoms with E-state index in [0.717, 1.165) is 6.21 Å².